The highest BCUT2D eigenvalue weighted by Crippen LogP contribution is 2.35. The number of amides is 2. The Bertz CT molecular complexity index is 717. The SMILES string of the molecule is CCCOc1cc2c(cc1[N+](=O)[O-])C(=O)N(CCO[N+](=O)[O-])C2=O. The van der Waals surface area contributed by atoms with Crippen molar-refractivity contribution >= 4 is 17.5 Å². The number of nitrogens with zero attached hydrogens (tertiary/aromatic N) is 3. The van der Waals surface area contributed by atoms with Gasteiger partial charge in [0.15, 0.2) is 5.75 Å². The first-order valence-corrected chi connectivity index (χ1v) is 6.95. The summed E-state index contributed by atoms with van der Waals surface area (Å²) in [5.74, 6) is -1.59. The molecule has 0 bridgehead atoms. The van der Waals surface area contributed by atoms with Gasteiger partial charge in [-0.1, -0.05) is 6.92 Å². The predicted octanol–water partition coefficient (Wildman–Crippen LogP) is 1.19. The van der Waals surface area contributed by atoms with Crippen molar-refractivity contribution in [3.8, 4) is 5.75 Å². The largest absolute Gasteiger partial charge is 0.487 e. The maximum Gasteiger partial charge on any atom is 0.311 e. The molecule has 24 heavy (non-hydrogen) atoms. The van der Waals surface area contributed by atoms with E-state index in [9.17, 15) is 29.8 Å². The molecule has 0 aromatic heterocycles. The van der Waals surface area contributed by atoms with Crippen LogP contribution in [-0.4, -0.2) is 46.5 Å². The standard InChI is InChI=1S/C13H13N3O8/c1-2-4-23-11-7-9-8(6-10(11)15(19)20)12(17)14(13(9)18)3-5-24-16(21)22/h6-7H,2-5H2,1H3. The number of rotatable bonds is 8. The Kier molecular flexibility index (Phi) is 4.92. The number of carbonyl (C=O) groups excluding carboxylic acids is 2. The average molecular weight is 339 g/mol. The second-order valence-electron chi connectivity index (χ2n) is 4.79. The molecule has 0 N–H and O–H groups in total. The third kappa shape index (κ3) is 3.24. The monoisotopic (exact) mass is 339 g/mol. The molecule has 11 nitrogen and oxygen atoms in total. The molecule has 1 heterocycles. The molecule has 128 valence electrons. The quantitative estimate of drug-likeness (QED) is 0.390. The molecular formula is C13H13N3O8. The van der Waals surface area contributed by atoms with Crippen molar-refractivity contribution in [1.29, 1.82) is 0 Å². The van der Waals surface area contributed by atoms with E-state index in [0.717, 1.165) is 17.0 Å². The van der Waals surface area contributed by atoms with E-state index in [0.29, 0.717) is 6.42 Å². The van der Waals surface area contributed by atoms with Gasteiger partial charge in [-0.15, -0.1) is 10.1 Å². The van der Waals surface area contributed by atoms with Crippen LogP contribution in [0.4, 0.5) is 5.69 Å². The summed E-state index contributed by atoms with van der Waals surface area (Å²) >= 11 is 0. The highest BCUT2D eigenvalue weighted by atomic mass is 16.9. The molecule has 0 aliphatic carbocycles. The molecule has 0 saturated carbocycles. The minimum atomic E-state index is -1.04. The number of ether oxygens (including phenoxy) is 1. The number of fused-ring (bicyclic) bond motifs is 1. The highest BCUT2D eigenvalue weighted by Gasteiger charge is 2.38. The fraction of sp³-hybridized carbons (Fsp3) is 0.385. The first-order chi connectivity index (χ1) is 11.4. The molecule has 1 aromatic rings. The lowest BCUT2D eigenvalue weighted by atomic mass is 10.1. The van der Waals surface area contributed by atoms with Gasteiger partial charge >= 0.3 is 5.69 Å². The zero-order valence-corrected chi connectivity index (χ0v) is 12.6. The fourth-order valence-corrected chi connectivity index (χ4v) is 2.19. The highest BCUT2D eigenvalue weighted by molar-refractivity contribution is 6.21. The molecule has 1 aliphatic heterocycles. The third-order valence-corrected chi connectivity index (χ3v) is 3.22. The molecular weight excluding hydrogens is 326 g/mol. The molecule has 0 radical (unpaired) electrons. The molecule has 1 aromatic carbocycles. The van der Waals surface area contributed by atoms with Gasteiger partial charge in [-0.05, 0) is 6.42 Å². The summed E-state index contributed by atoms with van der Waals surface area (Å²) in [6.45, 7) is 1.19. The lowest BCUT2D eigenvalue weighted by Gasteiger charge is -2.12. The molecule has 0 fully saturated rings. The van der Waals surface area contributed by atoms with Crippen LogP contribution < -0.4 is 4.74 Å². The van der Waals surface area contributed by atoms with Crippen LogP contribution in [0.15, 0.2) is 12.1 Å². The molecule has 1 aliphatic rings. The van der Waals surface area contributed by atoms with Gasteiger partial charge < -0.3 is 9.57 Å². The van der Waals surface area contributed by atoms with Crippen molar-refractivity contribution in [2.24, 2.45) is 0 Å². The number of imide groups is 1. The first kappa shape index (κ1) is 17.1. The van der Waals surface area contributed by atoms with Crippen molar-refractivity contribution < 1.29 is 29.2 Å². The number of nitro benzene ring substituents is 1. The van der Waals surface area contributed by atoms with Crippen LogP contribution in [0, 0.1) is 20.2 Å². The van der Waals surface area contributed by atoms with E-state index in [1.54, 1.807) is 0 Å². The Morgan fingerprint density at radius 1 is 1.08 bits per heavy atom. The van der Waals surface area contributed by atoms with E-state index in [1.807, 2.05) is 6.92 Å². The Morgan fingerprint density at radius 2 is 1.71 bits per heavy atom. The van der Waals surface area contributed by atoms with Gasteiger partial charge in [-0.25, -0.2) is 0 Å². The summed E-state index contributed by atoms with van der Waals surface area (Å²) in [6.07, 6.45) is 0.603. The van der Waals surface area contributed by atoms with Crippen LogP contribution >= 0.6 is 0 Å². The third-order valence-electron chi connectivity index (χ3n) is 3.22. The lowest BCUT2D eigenvalue weighted by Crippen LogP contribution is -2.33. The molecule has 0 unspecified atom stereocenters. The van der Waals surface area contributed by atoms with E-state index in [1.165, 1.54) is 0 Å². The molecule has 0 atom stereocenters. The van der Waals surface area contributed by atoms with Gasteiger partial charge in [-0.3, -0.25) is 24.6 Å². The van der Waals surface area contributed by atoms with Crippen LogP contribution in [0.1, 0.15) is 34.1 Å². The molecule has 0 spiro atoms. The van der Waals surface area contributed by atoms with Gasteiger partial charge in [0.1, 0.15) is 6.61 Å². The molecule has 11 heteroatoms. The normalized spacial score (nSPS) is 13.0. The van der Waals surface area contributed by atoms with Crippen LogP contribution in [-0.2, 0) is 4.84 Å². The van der Waals surface area contributed by atoms with Crippen LogP contribution in [0.5, 0.6) is 5.75 Å². The summed E-state index contributed by atoms with van der Waals surface area (Å²) in [4.78, 5) is 49.8. The zero-order valence-electron chi connectivity index (χ0n) is 12.6. The number of hydrogen-bond acceptors (Lipinski definition) is 8. The van der Waals surface area contributed by atoms with Crippen LogP contribution in [0.3, 0.4) is 0 Å². The maximum atomic E-state index is 12.2. The summed E-state index contributed by atoms with van der Waals surface area (Å²) in [7, 11) is 0. The Morgan fingerprint density at radius 3 is 2.25 bits per heavy atom. The molecule has 2 amide bonds. The lowest BCUT2D eigenvalue weighted by molar-refractivity contribution is -0.757. The second kappa shape index (κ2) is 6.89. The van der Waals surface area contributed by atoms with Gasteiger partial charge in [-0.2, -0.15) is 0 Å². The molecule has 0 saturated heterocycles. The predicted molar refractivity (Wildman–Crippen MR) is 77.2 cm³/mol. The van der Waals surface area contributed by atoms with Gasteiger partial charge in [0.25, 0.3) is 16.9 Å². The van der Waals surface area contributed by atoms with E-state index in [4.69, 9.17) is 4.74 Å². The maximum absolute atomic E-state index is 12.2. The number of benzene rings is 1. The van der Waals surface area contributed by atoms with Crippen LogP contribution in [0.25, 0.3) is 0 Å². The number of carbonyl (C=O) groups is 2. The Labute approximate surface area is 135 Å². The average Bonchev–Trinajstić information content (AvgIpc) is 2.76. The van der Waals surface area contributed by atoms with Crippen molar-refractivity contribution in [3.63, 3.8) is 0 Å². The van der Waals surface area contributed by atoms with Crippen molar-refractivity contribution in [2.75, 3.05) is 19.8 Å². The van der Waals surface area contributed by atoms with Gasteiger partial charge in [0, 0.05) is 12.1 Å². The van der Waals surface area contributed by atoms with E-state index >= 15 is 0 Å². The number of hydrogen-bond donors (Lipinski definition) is 0. The fourth-order valence-electron chi connectivity index (χ4n) is 2.19. The second-order valence-corrected chi connectivity index (χ2v) is 4.79. The van der Waals surface area contributed by atoms with E-state index in [-0.39, 0.29) is 30.0 Å². The van der Waals surface area contributed by atoms with Crippen molar-refractivity contribution in [2.45, 2.75) is 13.3 Å². The Hall–Kier alpha value is -3.24. The summed E-state index contributed by atoms with van der Waals surface area (Å²) < 4.78 is 5.27. The number of nitro groups is 1. The zero-order chi connectivity index (χ0) is 17.9. The summed E-state index contributed by atoms with van der Waals surface area (Å²) in [6, 6.07) is 2.13. The summed E-state index contributed by atoms with van der Waals surface area (Å²) in [5.41, 5.74) is -0.610. The molecule has 2 rings (SSSR count). The Balaban J connectivity index is 2.32. The first-order valence-electron chi connectivity index (χ1n) is 6.95. The minimum absolute atomic E-state index is 0.0437. The minimum Gasteiger partial charge on any atom is -0.487 e. The van der Waals surface area contributed by atoms with Gasteiger partial charge in [0.2, 0.25) is 0 Å². The van der Waals surface area contributed by atoms with E-state index in [2.05, 4.69) is 4.84 Å². The van der Waals surface area contributed by atoms with Crippen molar-refractivity contribution in [3.05, 3.63) is 43.5 Å². The smallest absolute Gasteiger partial charge is 0.311 e. The van der Waals surface area contributed by atoms with Gasteiger partial charge in [0.05, 0.1) is 29.2 Å². The topological polar surface area (TPSA) is 142 Å². The summed E-state index contributed by atoms with van der Waals surface area (Å²) in [5, 5.41) is 20.2. The van der Waals surface area contributed by atoms with Crippen LogP contribution in [0.2, 0.25) is 0 Å². The van der Waals surface area contributed by atoms with E-state index < -0.39 is 34.1 Å². The van der Waals surface area contributed by atoms with Crippen molar-refractivity contribution in [1.82, 2.24) is 4.90 Å².